The van der Waals surface area contributed by atoms with Gasteiger partial charge in [0.25, 0.3) is 0 Å². The van der Waals surface area contributed by atoms with Crippen molar-refractivity contribution < 1.29 is 23.8 Å². The molecule has 0 unspecified atom stereocenters. The molecule has 0 N–H and O–H groups in total. The van der Waals surface area contributed by atoms with Crippen LogP contribution in [0.5, 0.6) is 0 Å². The quantitative estimate of drug-likeness (QED) is 0.674. The second-order valence-corrected chi connectivity index (χ2v) is 8.12. The van der Waals surface area contributed by atoms with Gasteiger partial charge in [0.05, 0.1) is 24.0 Å². The predicted molar refractivity (Wildman–Crippen MR) is 95.0 cm³/mol. The largest absolute Gasteiger partial charge is 0.462 e. The van der Waals surface area contributed by atoms with E-state index in [1.165, 1.54) is 0 Å². The molecule has 2 saturated carbocycles. The second kappa shape index (κ2) is 9.56. The van der Waals surface area contributed by atoms with Crippen LogP contribution in [0.1, 0.15) is 79.1 Å². The lowest BCUT2D eigenvalue weighted by Gasteiger charge is -2.34. The van der Waals surface area contributed by atoms with E-state index >= 15 is 0 Å². The maximum absolute atomic E-state index is 11.7. The molecule has 0 atom stereocenters. The molecule has 0 aromatic carbocycles. The molecular weight excluding hydrogens is 320 g/mol. The maximum atomic E-state index is 11.7. The Morgan fingerprint density at radius 1 is 0.600 bits per heavy atom. The summed E-state index contributed by atoms with van der Waals surface area (Å²) in [5.41, 5.74) is 0. The summed E-state index contributed by atoms with van der Waals surface area (Å²) in [6.07, 6.45) is 8.06. The third-order valence-corrected chi connectivity index (χ3v) is 5.14. The average Bonchev–Trinajstić information content (AvgIpc) is 2.58. The lowest BCUT2D eigenvalue weighted by atomic mass is 9.92. The van der Waals surface area contributed by atoms with Crippen molar-refractivity contribution in [3.05, 3.63) is 0 Å². The SMILES string of the molecule is CC(C)C(=O)OC1CCC(OC2CCC(OC(=O)C(C)C)CC2)CC1. The van der Waals surface area contributed by atoms with Crippen molar-refractivity contribution in [1.29, 1.82) is 0 Å². The Hall–Kier alpha value is -1.10. The molecule has 144 valence electrons. The first-order valence-electron chi connectivity index (χ1n) is 9.91. The lowest BCUT2D eigenvalue weighted by Crippen LogP contribution is -2.34. The topological polar surface area (TPSA) is 61.8 Å². The van der Waals surface area contributed by atoms with Crippen molar-refractivity contribution in [3.8, 4) is 0 Å². The highest BCUT2D eigenvalue weighted by molar-refractivity contribution is 5.72. The first-order chi connectivity index (χ1) is 11.8. The summed E-state index contributed by atoms with van der Waals surface area (Å²) in [6.45, 7) is 7.47. The fourth-order valence-electron chi connectivity index (χ4n) is 3.45. The molecule has 0 aliphatic heterocycles. The minimum atomic E-state index is -0.0985. The fraction of sp³-hybridized carbons (Fsp3) is 0.900. The summed E-state index contributed by atoms with van der Waals surface area (Å²) in [5.74, 6) is -0.319. The van der Waals surface area contributed by atoms with Crippen LogP contribution in [0.4, 0.5) is 0 Å². The normalized spacial score (nSPS) is 30.3. The molecule has 5 nitrogen and oxygen atoms in total. The molecule has 2 fully saturated rings. The summed E-state index contributed by atoms with van der Waals surface area (Å²) in [4.78, 5) is 23.3. The zero-order chi connectivity index (χ0) is 18.4. The van der Waals surface area contributed by atoms with Crippen LogP contribution in [0.15, 0.2) is 0 Å². The number of hydrogen-bond donors (Lipinski definition) is 0. The van der Waals surface area contributed by atoms with Crippen molar-refractivity contribution in [2.45, 2.75) is 103 Å². The van der Waals surface area contributed by atoms with E-state index in [0.717, 1.165) is 51.4 Å². The van der Waals surface area contributed by atoms with Crippen LogP contribution in [0.25, 0.3) is 0 Å². The van der Waals surface area contributed by atoms with Crippen molar-refractivity contribution in [1.82, 2.24) is 0 Å². The Labute approximate surface area is 151 Å². The van der Waals surface area contributed by atoms with Crippen LogP contribution in [0.2, 0.25) is 0 Å². The van der Waals surface area contributed by atoms with Crippen molar-refractivity contribution in [2.75, 3.05) is 0 Å². The number of rotatable bonds is 6. The molecule has 0 amide bonds. The van der Waals surface area contributed by atoms with Gasteiger partial charge < -0.3 is 14.2 Å². The van der Waals surface area contributed by atoms with Crippen LogP contribution in [-0.4, -0.2) is 36.4 Å². The van der Waals surface area contributed by atoms with E-state index in [0.29, 0.717) is 0 Å². The number of carbonyl (C=O) groups is 2. The van der Waals surface area contributed by atoms with Crippen LogP contribution in [-0.2, 0) is 23.8 Å². The van der Waals surface area contributed by atoms with Crippen molar-refractivity contribution >= 4 is 11.9 Å². The van der Waals surface area contributed by atoms with E-state index < -0.39 is 0 Å². The number of ether oxygens (including phenoxy) is 3. The second-order valence-electron chi connectivity index (χ2n) is 8.12. The van der Waals surface area contributed by atoms with Gasteiger partial charge in [-0.3, -0.25) is 9.59 Å². The zero-order valence-electron chi connectivity index (χ0n) is 16.2. The van der Waals surface area contributed by atoms with Gasteiger partial charge in [-0.1, -0.05) is 27.7 Å². The Bertz CT molecular complexity index is 389. The molecule has 0 aromatic rings. The Kier molecular flexibility index (Phi) is 7.73. The molecule has 2 aliphatic rings. The molecule has 0 aromatic heterocycles. The predicted octanol–water partition coefficient (Wildman–Crippen LogP) is 4.02. The van der Waals surface area contributed by atoms with E-state index in [-0.39, 0.29) is 48.2 Å². The molecular formula is C20H34O5. The molecule has 0 bridgehead atoms. The van der Waals surface area contributed by atoms with Gasteiger partial charge in [-0.2, -0.15) is 0 Å². The first kappa shape index (κ1) is 20.2. The highest BCUT2D eigenvalue weighted by Gasteiger charge is 2.30. The first-order valence-corrected chi connectivity index (χ1v) is 9.91. The average molecular weight is 354 g/mol. The van der Waals surface area contributed by atoms with Crippen LogP contribution in [0.3, 0.4) is 0 Å². The highest BCUT2D eigenvalue weighted by atomic mass is 16.5. The van der Waals surface area contributed by atoms with Crippen LogP contribution in [0, 0.1) is 11.8 Å². The van der Waals surface area contributed by atoms with Gasteiger partial charge in [0.15, 0.2) is 0 Å². The van der Waals surface area contributed by atoms with Gasteiger partial charge in [0, 0.05) is 0 Å². The van der Waals surface area contributed by atoms with Gasteiger partial charge in [0.2, 0.25) is 0 Å². The van der Waals surface area contributed by atoms with Crippen LogP contribution >= 0.6 is 0 Å². The van der Waals surface area contributed by atoms with Gasteiger partial charge in [-0.15, -0.1) is 0 Å². The Morgan fingerprint density at radius 2 is 0.880 bits per heavy atom. The minimum Gasteiger partial charge on any atom is -0.462 e. The Balaban J connectivity index is 1.63. The zero-order valence-corrected chi connectivity index (χ0v) is 16.2. The van der Waals surface area contributed by atoms with E-state index in [2.05, 4.69) is 0 Å². The van der Waals surface area contributed by atoms with E-state index in [1.54, 1.807) is 0 Å². The van der Waals surface area contributed by atoms with Gasteiger partial charge >= 0.3 is 11.9 Å². The van der Waals surface area contributed by atoms with Gasteiger partial charge in [-0.25, -0.2) is 0 Å². The highest BCUT2D eigenvalue weighted by Crippen LogP contribution is 2.30. The minimum absolute atomic E-state index is 0.0564. The number of hydrogen-bond acceptors (Lipinski definition) is 5. The van der Waals surface area contributed by atoms with Crippen molar-refractivity contribution in [2.24, 2.45) is 11.8 Å². The lowest BCUT2D eigenvalue weighted by molar-refractivity contribution is -0.158. The summed E-state index contributed by atoms with van der Waals surface area (Å²) < 4.78 is 17.3. The standard InChI is InChI=1S/C20H34O5/c1-13(2)19(21)24-17-9-5-15(6-10-17)23-16-7-11-18(12-8-16)25-20(22)14(3)4/h13-18H,5-12H2,1-4H3. The molecule has 0 spiro atoms. The number of carbonyl (C=O) groups excluding carboxylic acids is 2. The fourth-order valence-corrected chi connectivity index (χ4v) is 3.45. The smallest absolute Gasteiger partial charge is 0.308 e. The number of esters is 2. The van der Waals surface area contributed by atoms with E-state index in [9.17, 15) is 9.59 Å². The van der Waals surface area contributed by atoms with Gasteiger partial charge in [0.1, 0.15) is 12.2 Å². The summed E-state index contributed by atoms with van der Waals surface area (Å²) in [7, 11) is 0. The molecule has 2 rings (SSSR count). The molecule has 25 heavy (non-hydrogen) atoms. The van der Waals surface area contributed by atoms with Crippen molar-refractivity contribution in [3.63, 3.8) is 0 Å². The summed E-state index contributed by atoms with van der Waals surface area (Å²) in [5, 5.41) is 0. The maximum Gasteiger partial charge on any atom is 0.308 e. The van der Waals surface area contributed by atoms with E-state index in [1.807, 2.05) is 27.7 Å². The monoisotopic (exact) mass is 354 g/mol. The third kappa shape index (κ3) is 6.61. The third-order valence-electron chi connectivity index (χ3n) is 5.14. The summed E-state index contributed by atoms with van der Waals surface area (Å²) >= 11 is 0. The molecule has 0 radical (unpaired) electrons. The molecule has 5 heteroatoms. The van der Waals surface area contributed by atoms with Gasteiger partial charge in [-0.05, 0) is 51.4 Å². The molecule has 0 heterocycles. The summed E-state index contributed by atoms with van der Waals surface area (Å²) in [6, 6.07) is 0. The molecule has 0 saturated heterocycles. The Morgan fingerprint density at radius 3 is 1.16 bits per heavy atom. The molecule has 2 aliphatic carbocycles. The van der Waals surface area contributed by atoms with E-state index in [4.69, 9.17) is 14.2 Å². The van der Waals surface area contributed by atoms with Crippen LogP contribution < -0.4 is 0 Å².